The smallest absolute Gasteiger partial charge is 0.251 e. The number of carbonyl (C=O) groups is 2. The predicted molar refractivity (Wildman–Crippen MR) is 99.0 cm³/mol. The van der Waals surface area contributed by atoms with E-state index in [0.717, 1.165) is 5.56 Å². The summed E-state index contributed by atoms with van der Waals surface area (Å²) < 4.78 is 22.5. The minimum atomic E-state index is -3.76. The van der Waals surface area contributed by atoms with E-state index in [1.54, 1.807) is 49.4 Å². The summed E-state index contributed by atoms with van der Waals surface area (Å²) >= 11 is 0. The Morgan fingerprint density at radius 3 is 2.22 bits per heavy atom. The number of hydrogen-bond donors (Lipinski definition) is 3. The minimum Gasteiger partial charge on any atom is -0.346 e. The summed E-state index contributed by atoms with van der Waals surface area (Å²) in [5.74, 6) is -0.751. The first-order valence-corrected chi connectivity index (χ1v) is 9.46. The highest BCUT2D eigenvalue weighted by Crippen LogP contribution is 2.17. The Labute approximate surface area is 157 Å². The zero-order valence-corrected chi connectivity index (χ0v) is 15.3. The molecular formula is C18H18N4O4S. The number of nitriles is 1. The second kappa shape index (κ2) is 8.44. The number of primary sulfonamides is 1. The van der Waals surface area contributed by atoms with Crippen molar-refractivity contribution in [2.24, 2.45) is 5.14 Å². The molecule has 0 aromatic heterocycles. The molecule has 2 aromatic rings. The molecule has 0 heterocycles. The van der Waals surface area contributed by atoms with Crippen LogP contribution in [0.1, 0.15) is 35.3 Å². The molecule has 140 valence electrons. The van der Waals surface area contributed by atoms with Crippen molar-refractivity contribution in [1.82, 2.24) is 5.32 Å². The molecule has 1 atom stereocenters. The Morgan fingerprint density at radius 2 is 1.70 bits per heavy atom. The van der Waals surface area contributed by atoms with Gasteiger partial charge in [-0.05, 0) is 48.9 Å². The molecule has 0 spiro atoms. The molecule has 0 saturated carbocycles. The second-order valence-corrected chi connectivity index (χ2v) is 7.33. The number of nitrogens with one attached hydrogen (secondary N) is 2. The van der Waals surface area contributed by atoms with Gasteiger partial charge in [-0.2, -0.15) is 5.26 Å². The lowest BCUT2D eigenvalue weighted by Gasteiger charge is -2.15. The largest absolute Gasteiger partial charge is 0.346 e. The number of rotatable bonds is 6. The fourth-order valence-corrected chi connectivity index (χ4v) is 2.81. The van der Waals surface area contributed by atoms with Crippen molar-refractivity contribution in [1.29, 1.82) is 5.26 Å². The molecule has 2 amide bonds. The first-order chi connectivity index (χ1) is 12.7. The summed E-state index contributed by atoms with van der Waals surface area (Å²) in [5.41, 5.74) is 1.59. The van der Waals surface area contributed by atoms with Crippen molar-refractivity contribution in [3.05, 3.63) is 59.7 Å². The van der Waals surface area contributed by atoms with Crippen molar-refractivity contribution in [2.45, 2.75) is 24.3 Å². The van der Waals surface area contributed by atoms with E-state index in [2.05, 4.69) is 10.6 Å². The standard InChI is InChI=1S/C18H18N4O4S/c1-12(13-4-8-16(9-5-13)27(20,25)26)21-18(24)14-2-6-15(7-3-14)22-17(23)10-11-19/h2-9,12H,10H2,1H3,(H,21,24)(H,22,23)(H2,20,25,26)/t12-/m0/s1. The molecule has 4 N–H and O–H groups in total. The number of carbonyl (C=O) groups excluding carboxylic acids is 2. The maximum absolute atomic E-state index is 12.3. The molecule has 0 aliphatic heterocycles. The van der Waals surface area contributed by atoms with Crippen LogP contribution >= 0.6 is 0 Å². The Balaban J connectivity index is 2.02. The molecule has 0 fully saturated rings. The number of nitrogens with zero attached hydrogens (tertiary/aromatic N) is 1. The van der Waals surface area contributed by atoms with Gasteiger partial charge in [-0.25, -0.2) is 13.6 Å². The van der Waals surface area contributed by atoms with Crippen molar-refractivity contribution < 1.29 is 18.0 Å². The first-order valence-electron chi connectivity index (χ1n) is 7.91. The average Bonchev–Trinajstić information content (AvgIpc) is 2.61. The van der Waals surface area contributed by atoms with Gasteiger partial charge < -0.3 is 10.6 Å². The normalized spacial score (nSPS) is 11.9. The maximum atomic E-state index is 12.3. The third-order valence-electron chi connectivity index (χ3n) is 3.73. The van der Waals surface area contributed by atoms with Crippen LogP contribution in [0, 0.1) is 11.3 Å². The Hall–Kier alpha value is -3.22. The Kier molecular flexibility index (Phi) is 6.28. The van der Waals surface area contributed by atoms with Gasteiger partial charge in [0.05, 0.1) is 17.0 Å². The number of sulfonamides is 1. The van der Waals surface area contributed by atoms with E-state index in [0.29, 0.717) is 11.3 Å². The molecule has 2 aromatic carbocycles. The zero-order valence-electron chi connectivity index (χ0n) is 14.5. The highest BCUT2D eigenvalue weighted by molar-refractivity contribution is 7.89. The molecule has 0 unspecified atom stereocenters. The molecule has 0 aliphatic carbocycles. The Morgan fingerprint density at radius 1 is 1.11 bits per heavy atom. The third-order valence-corrected chi connectivity index (χ3v) is 4.66. The third kappa shape index (κ3) is 5.64. The predicted octanol–water partition coefficient (Wildman–Crippen LogP) is 1.68. The average molecular weight is 386 g/mol. The van der Waals surface area contributed by atoms with E-state index in [-0.39, 0.29) is 23.3 Å². The molecule has 2 rings (SSSR count). The molecule has 0 bridgehead atoms. The first kappa shape index (κ1) is 20.1. The second-order valence-electron chi connectivity index (χ2n) is 5.77. The van der Waals surface area contributed by atoms with Gasteiger partial charge in [0.2, 0.25) is 15.9 Å². The molecule has 9 heteroatoms. The lowest BCUT2D eigenvalue weighted by atomic mass is 10.1. The van der Waals surface area contributed by atoms with Crippen LogP contribution in [0.3, 0.4) is 0 Å². The zero-order chi connectivity index (χ0) is 20.0. The molecular weight excluding hydrogens is 368 g/mol. The quantitative estimate of drug-likeness (QED) is 0.692. The molecule has 0 aliphatic rings. The van der Waals surface area contributed by atoms with E-state index in [4.69, 9.17) is 10.4 Å². The molecule has 0 saturated heterocycles. The van der Waals surface area contributed by atoms with Crippen molar-refractivity contribution >= 4 is 27.5 Å². The van der Waals surface area contributed by atoms with Gasteiger partial charge in [0.1, 0.15) is 6.42 Å². The summed E-state index contributed by atoms with van der Waals surface area (Å²) in [4.78, 5) is 23.7. The highest BCUT2D eigenvalue weighted by atomic mass is 32.2. The van der Waals surface area contributed by atoms with Gasteiger partial charge >= 0.3 is 0 Å². The highest BCUT2D eigenvalue weighted by Gasteiger charge is 2.13. The van der Waals surface area contributed by atoms with Crippen LogP contribution < -0.4 is 15.8 Å². The summed E-state index contributed by atoms with van der Waals surface area (Å²) in [6.45, 7) is 1.76. The summed E-state index contributed by atoms with van der Waals surface area (Å²) in [6.07, 6.45) is -0.246. The van der Waals surface area contributed by atoms with Gasteiger partial charge in [-0.3, -0.25) is 9.59 Å². The van der Waals surface area contributed by atoms with E-state index in [1.165, 1.54) is 12.1 Å². The number of nitrogens with two attached hydrogens (primary N) is 1. The lowest BCUT2D eigenvalue weighted by molar-refractivity contribution is -0.115. The van der Waals surface area contributed by atoms with Crippen LogP contribution in [-0.4, -0.2) is 20.2 Å². The van der Waals surface area contributed by atoms with Crippen LogP contribution in [0.25, 0.3) is 0 Å². The van der Waals surface area contributed by atoms with Crippen molar-refractivity contribution in [2.75, 3.05) is 5.32 Å². The molecule has 0 radical (unpaired) electrons. The molecule has 27 heavy (non-hydrogen) atoms. The van der Waals surface area contributed by atoms with Crippen molar-refractivity contribution in [3.8, 4) is 6.07 Å². The Bertz CT molecular complexity index is 978. The minimum absolute atomic E-state index is 0.00110. The summed E-state index contributed by atoms with van der Waals surface area (Å²) in [6, 6.07) is 13.5. The monoisotopic (exact) mass is 386 g/mol. The van der Waals surface area contributed by atoms with Crippen molar-refractivity contribution in [3.63, 3.8) is 0 Å². The van der Waals surface area contributed by atoms with Gasteiger partial charge in [-0.1, -0.05) is 12.1 Å². The van der Waals surface area contributed by atoms with Gasteiger partial charge in [0.25, 0.3) is 5.91 Å². The van der Waals surface area contributed by atoms with Crippen LogP contribution in [0.2, 0.25) is 0 Å². The van der Waals surface area contributed by atoms with Gasteiger partial charge in [-0.15, -0.1) is 0 Å². The number of benzene rings is 2. The molecule has 8 nitrogen and oxygen atoms in total. The fourth-order valence-electron chi connectivity index (χ4n) is 2.29. The number of anilines is 1. The van der Waals surface area contributed by atoms with Crippen LogP contribution in [0.4, 0.5) is 5.69 Å². The van der Waals surface area contributed by atoms with Crippen LogP contribution in [0.5, 0.6) is 0 Å². The fraction of sp³-hybridized carbons (Fsp3) is 0.167. The van der Waals surface area contributed by atoms with E-state index >= 15 is 0 Å². The van der Waals surface area contributed by atoms with E-state index < -0.39 is 15.9 Å². The van der Waals surface area contributed by atoms with Crippen LogP contribution in [0.15, 0.2) is 53.4 Å². The summed E-state index contributed by atoms with van der Waals surface area (Å²) in [5, 5.41) is 18.9. The van der Waals surface area contributed by atoms with Gasteiger partial charge in [0, 0.05) is 11.3 Å². The number of amides is 2. The maximum Gasteiger partial charge on any atom is 0.251 e. The lowest BCUT2D eigenvalue weighted by Crippen LogP contribution is -2.26. The SMILES string of the molecule is C[C@H](NC(=O)c1ccc(NC(=O)CC#N)cc1)c1ccc(S(N)(=O)=O)cc1. The van der Waals surface area contributed by atoms with Crippen LogP contribution in [-0.2, 0) is 14.8 Å². The topological polar surface area (TPSA) is 142 Å². The summed E-state index contributed by atoms with van der Waals surface area (Å²) in [7, 11) is -3.76. The number of hydrogen-bond acceptors (Lipinski definition) is 5. The van der Waals surface area contributed by atoms with E-state index in [1.807, 2.05) is 0 Å². The van der Waals surface area contributed by atoms with Gasteiger partial charge in [0.15, 0.2) is 0 Å². The van der Waals surface area contributed by atoms with E-state index in [9.17, 15) is 18.0 Å².